The van der Waals surface area contributed by atoms with Crippen molar-refractivity contribution in [1.82, 2.24) is 4.57 Å². The molecule has 10 heteroatoms. The zero-order chi connectivity index (χ0) is 27.8. The average Bonchev–Trinajstić information content (AvgIpc) is 3.35. The van der Waals surface area contributed by atoms with Gasteiger partial charge in [-0.1, -0.05) is 35.5 Å². The Balaban J connectivity index is 1.81. The Morgan fingerprint density at radius 3 is 2.33 bits per heavy atom. The van der Waals surface area contributed by atoms with Crippen molar-refractivity contribution in [1.29, 1.82) is 0 Å². The number of nitrogens with zero attached hydrogens (tertiary/aromatic N) is 2. The molecule has 1 aliphatic heterocycles. The van der Waals surface area contributed by atoms with E-state index in [4.69, 9.17) is 4.74 Å². The molecule has 0 saturated carbocycles. The van der Waals surface area contributed by atoms with Gasteiger partial charge in [0.15, 0.2) is 11.6 Å². The van der Waals surface area contributed by atoms with Gasteiger partial charge < -0.3 is 9.94 Å². The van der Waals surface area contributed by atoms with Gasteiger partial charge in [0, 0.05) is 28.9 Å². The third-order valence-electron chi connectivity index (χ3n) is 6.87. The number of thioether (sulfide) groups is 1. The number of rotatable bonds is 6. The van der Waals surface area contributed by atoms with Crippen LogP contribution in [0.2, 0.25) is 0 Å². The highest BCUT2D eigenvalue weighted by Gasteiger charge is 2.36. The molecule has 200 valence electrons. The zero-order valence-corrected chi connectivity index (χ0v) is 21.7. The Kier molecular flexibility index (Phi) is 7.22. The third-order valence-corrected chi connectivity index (χ3v) is 8.07. The van der Waals surface area contributed by atoms with Crippen LogP contribution in [-0.2, 0) is 6.42 Å². The van der Waals surface area contributed by atoms with E-state index < -0.39 is 34.9 Å². The number of benzene rings is 3. The van der Waals surface area contributed by atoms with Crippen LogP contribution in [0.5, 0.6) is 5.75 Å². The van der Waals surface area contributed by atoms with E-state index in [0.717, 1.165) is 12.1 Å². The highest BCUT2D eigenvalue weighted by molar-refractivity contribution is 7.99. The van der Waals surface area contributed by atoms with Crippen molar-refractivity contribution in [3.63, 3.8) is 0 Å². The number of fused-ring (bicyclic) bond motifs is 1. The quantitative estimate of drug-likeness (QED) is 0.128. The summed E-state index contributed by atoms with van der Waals surface area (Å²) in [5.74, 6) is -2.89. The molecule has 0 bridgehead atoms. The van der Waals surface area contributed by atoms with Gasteiger partial charge in [0.1, 0.15) is 23.2 Å². The van der Waals surface area contributed by atoms with E-state index >= 15 is 4.39 Å². The molecule has 5 rings (SSSR count). The molecule has 3 aromatic carbocycles. The number of halogens is 4. The largest absolute Gasteiger partial charge is 0.494 e. The van der Waals surface area contributed by atoms with Crippen LogP contribution in [0.3, 0.4) is 0 Å². The second kappa shape index (κ2) is 10.6. The molecule has 2 heterocycles. The second-order valence-corrected chi connectivity index (χ2v) is 9.96. The molecule has 5 nitrogen and oxygen atoms in total. The molecule has 39 heavy (non-hydrogen) atoms. The lowest BCUT2D eigenvalue weighted by atomic mass is 9.93. The molecule has 4 aromatic rings. The fourth-order valence-electron chi connectivity index (χ4n) is 4.94. The predicted octanol–water partition coefficient (Wildman–Crippen LogP) is 6.50. The number of methoxy groups -OCH3 is 1. The van der Waals surface area contributed by atoms with Gasteiger partial charge in [-0.2, -0.15) is 0 Å². The van der Waals surface area contributed by atoms with E-state index in [1.807, 2.05) is 0 Å². The second-order valence-electron chi connectivity index (χ2n) is 8.95. The molecule has 1 atom stereocenters. The topological polar surface area (TPSA) is 63.8 Å². The van der Waals surface area contributed by atoms with Crippen LogP contribution in [0.15, 0.2) is 75.6 Å². The van der Waals surface area contributed by atoms with Gasteiger partial charge in [-0.15, -0.1) is 11.8 Å². The van der Waals surface area contributed by atoms with E-state index in [2.05, 4.69) is 5.16 Å². The summed E-state index contributed by atoms with van der Waals surface area (Å²) in [7, 11) is 1.29. The van der Waals surface area contributed by atoms with Crippen molar-refractivity contribution < 1.29 is 27.5 Å². The maximum absolute atomic E-state index is 15.5. The Morgan fingerprint density at radius 2 is 1.67 bits per heavy atom. The summed E-state index contributed by atoms with van der Waals surface area (Å²) in [6, 6.07) is 12.6. The zero-order valence-electron chi connectivity index (χ0n) is 20.8. The molecule has 0 saturated heterocycles. The molecule has 1 N–H and O–H groups in total. The Hall–Kier alpha value is -4.05. The molecule has 1 aliphatic rings. The maximum Gasteiger partial charge on any atom is 0.260 e. The monoisotopic (exact) mass is 554 g/mol. The number of ether oxygens (including phenoxy) is 1. The van der Waals surface area contributed by atoms with Crippen LogP contribution in [0.25, 0.3) is 11.1 Å². The summed E-state index contributed by atoms with van der Waals surface area (Å²) in [4.78, 5) is 14.1. The lowest BCUT2D eigenvalue weighted by molar-refractivity contribution is 0.315. The van der Waals surface area contributed by atoms with Crippen LogP contribution >= 0.6 is 11.8 Å². The minimum Gasteiger partial charge on any atom is -0.494 e. The molecular formula is C29H22F4N2O3S. The van der Waals surface area contributed by atoms with E-state index in [1.165, 1.54) is 65.9 Å². The number of oxime groups is 1. The summed E-state index contributed by atoms with van der Waals surface area (Å²) in [6.07, 6.45) is -0.233. The van der Waals surface area contributed by atoms with E-state index in [9.17, 15) is 23.2 Å². The predicted molar refractivity (Wildman–Crippen MR) is 141 cm³/mol. The molecule has 1 aromatic heterocycles. The first kappa shape index (κ1) is 26.6. The van der Waals surface area contributed by atoms with Crippen LogP contribution < -0.4 is 10.3 Å². The number of hydrogen-bond acceptors (Lipinski definition) is 5. The van der Waals surface area contributed by atoms with Gasteiger partial charge in [0.05, 0.1) is 23.7 Å². The minimum absolute atomic E-state index is 0.0123. The Bertz CT molecular complexity index is 1670. The van der Waals surface area contributed by atoms with Crippen molar-refractivity contribution in [2.45, 2.75) is 24.4 Å². The van der Waals surface area contributed by atoms with Crippen LogP contribution in [0.4, 0.5) is 17.6 Å². The molecular weight excluding hydrogens is 532 g/mol. The summed E-state index contributed by atoms with van der Waals surface area (Å²) >= 11 is 1.21. The van der Waals surface area contributed by atoms with Crippen molar-refractivity contribution in [3.05, 3.63) is 117 Å². The standard InChI is InChI=1S/C29H22F4N2O3S/c1-15-18(13-19-21(31)10-6-11-22(19)32)29-35(28(36)25(15)17-8-5-12-24(38-2)26(17)33)23(14-39-29)27(34-37)16-7-3-4-9-20(16)30/h3-12,23,37H,13-14H2,1-2H3/b34-27-. The lowest BCUT2D eigenvalue weighted by Crippen LogP contribution is -2.32. The summed E-state index contributed by atoms with van der Waals surface area (Å²) in [6.45, 7) is 1.59. The van der Waals surface area contributed by atoms with Crippen molar-refractivity contribution in [3.8, 4) is 16.9 Å². The van der Waals surface area contributed by atoms with Gasteiger partial charge in [-0.3, -0.25) is 9.36 Å². The smallest absolute Gasteiger partial charge is 0.260 e. The third kappa shape index (κ3) is 4.48. The van der Waals surface area contributed by atoms with Crippen molar-refractivity contribution >= 4 is 17.5 Å². The molecule has 0 aliphatic carbocycles. The van der Waals surface area contributed by atoms with Crippen molar-refractivity contribution in [2.24, 2.45) is 5.16 Å². The van der Waals surface area contributed by atoms with Crippen molar-refractivity contribution in [2.75, 3.05) is 12.9 Å². The lowest BCUT2D eigenvalue weighted by Gasteiger charge is -2.22. The van der Waals surface area contributed by atoms with Gasteiger partial charge in [0.2, 0.25) is 0 Å². The first-order valence-electron chi connectivity index (χ1n) is 11.9. The first-order valence-corrected chi connectivity index (χ1v) is 12.9. The maximum atomic E-state index is 15.5. The average molecular weight is 555 g/mol. The molecule has 1 unspecified atom stereocenters. The molecule has 0 amide bonds. The summed E-state index contributed by atoms with van der Waals surface area (Å²) < 4.78 is 66.1. The molecule has 0 radical (unpaired) electrons. The van der Waals surface area contributed by atoms with Crippen LogP contribution in [0.1, 0.15) is 28.3 Å². The van der Waals surface area contributed by atoms with Gasteiger partial charge >= 0.3 is 0 Å². The highest BCUT2D eigenvalue weighted by Crippen LogP contribution is 2.42. The van der Waals surface area contributed by atoms with E-state index in [-0.39, 0.29) is 45.9 Å². The van der Waals surface area contributed by atoms with Gasteiger partial charge in [0.25, 0.3) is 5.56 Å². The highest BCUT2D eigenvalue weighted by atomic mass is 32.2. The number of pyridine rings is 1. The van der Waals surface area contributed by atoms with Crippen LogP contribution in [0, 0.1) is 30.2 Å². The fourth-order valence-corrected chi connectivity index (χ4v) is 6.31. The normalized spacial score (nSPS) is 14.9. The Labute approximate surface area is 225 Å². The first-order chi connectivity index (χ1) is 18.8. The Morgan fingerprint density at radius 1 is 1.00 bits per heavy atom. The SMILES string of the molecule is COc1cccc(-c2c(C)c(Cc3c(F)cccc3F)c3n(c2=O)C(/C(=N\O)c2ccccc2F)CS3)c1F. The number of aromatic nitrogens is 1. The summed E-state index contributed by atoms with van der Waals surface area (Å²) in [5, 5.41) is 13.6. The van der Waals surface area contributed by atoms with Gasteiger partial charge in [-0.25, -0.2) is 17.6 Å². The van der Waals surface area contributed by atoms with E-state index in [0.29, 0.717) is 16.2 Å². The number of hydrogen-bond donors (Lipinski definition) is 1. The summed E-state index contributed by atoms with van der Waals surface area (Å²) in [5.41, 5.74) is -0.330. The molecule has 0 fully saturated rings. The van der Waals surface area contributed by atoms with Crippen LogP contribution in [-0.4, -0.2) is 28.3 Å². The van der Waals surface area contributed by atoms with E-state index in [1.54, 1.807) is 13.0 Å². The molecule has 0 spiro atoms. The fraction of sp³-hybridized carbons (Fsp3) is 0.172. The minimum atomic E-state index is -0.948. The van der Waals surface area contributed by atoms with Gasteiger partial charge in [-0.05, 0) is 48.4 Å².